The van der Waals surface area contributed by atoms with Crippen molar-refractivity contribution in [1.82, 2.24) is 14.8 Å². The van der Waals surface area contributed by atoms with Gasteiger partial charge in [-0.3, -0.25) is 0 Å². The number of hydrogen-bond acceptors (Lipinski definition) is 5. The molecule has 1 heterocycles. The van der Waals surface area contributed by atoms with Crippen molar-refractivity contribution in [3.63, 3.8) is 0 Å². The minimum atomic E-state index is -0.606. The molecule has 0 amide bonds. The van der Waals surface area contributed by atoms with Crippen molar-refractivity contribution in [3.8, 4) is 17.1 Å². The summed E-state index contributed by atoms with van der Waals surface area (Å²) < 4.78 is 7.74. The number of rotatable bonds is 7. The molecule has 0 aliphatic carbocycles. The van der Waals surface area contributed by atoms with Gasteiger partial charge in [0.1, 0.15) is 12.4 Å². The first kappa shape index (κ1) is 19.5. The highest BCUT2D eigenvalue weighted by Crippen LogP contribution is 2.26. The first-order valence-corrected chi connectivity index (χ1v) is 10.5. The van der Waals surface area contributed by atoms with Crippen LogP contribution in [0.25, 0.3) is 22.2 Å². The van der Waals surface area contributed by atoms with E-state index >= 15 is 0 Å². The maximum Gasteiger partial charge on any atom is 0.191 e. The Labute approximate surface area is 174 Å². The van der Waals surface area contributed by atoms with E-state index in [1.807, 2.05) is 60.1 Å². The number of aliphatic hydroxyl groups excluding tert-OH is 1. The summed E-state index contributed by atoms with van der Waals surface area (Å²) in [5.41, 5.74) is 2.22. The van der Waals surface area contributed by atoms with Crippen molar-refractivity contribution in [2.24, 2.45) is 7.05 Å². The smallest absolute Gasteiger partial charge is 0.191 e. The predicted octanol–water partition coefficient (Wildman–Crippen LogP) is 4.48. The van der Waals surface area contributed by atoms with Crippen LogP contribution in [0.1, 0.15) is 5.56 Å². The molecular weight excluding hydrogens is 382 g/mol. The van der Waals surface area contributed by atoms with E-state index < -0.39 is 6.10 Å². The lowest BCUT2D eigenvalue weighted by molar-refractivity contribution is 0.126. The fraction of sp³-hybridized carbons (Fsp3) is 0.217. The maximum absolute atomic E-state index is 10.3. The third-order valence-corrected chi connectivity index (χ3v) is 5.95. The lowest BCUT2D eigenvalue weighted by atomic mass is 10.1. The summed E-state index contributed by atoms with van der Waals surface area (Å²) in [6.07, 6.45) is -0.606. The van der Waals surface area contributed by atoms with Gasteiger partial charge >= 0.3 is 0 Å². The molecule has 1 atom stereocenters. The molecule has 4 rings (SSSR count). The van der Waals surface area contributed by atoms with E-state index in [0.29, 0.717) is 5.75 Å². The quantitative estimate of drug-likeness (QED) is 0.460. The molecule has 0 aliphatic rings. The van der Waals surface area contributed by atoms with Crippen molar-refractivity contribution < 1.29 is 9.84 Å². The number of aromatic nitrogens is 3. The van der Waals surface area contributed by atoms with Gasteiger partial charge in [-0.2, -0.15) is 0 Å². The standard InChI is InChI=1S/C23H23N3O2S/c1-16-7-3-6-10-21(16)22-24-25-23(26(22)2)29-15-19(27)14-28-20-12-11-17-8-4-5-9-18(17)13-20/h3-13,19,27H,14-15H2,1-2H3. The van der Waals surface area contributed by atoms with Gasteiger partial charge in [0, 0.05) is 18.4 Å². The van der Waals surface area contributed by atoms with Gasteiger partial charge in [0.2, 0.25) is 0 Å². The van der Waals surface area contributed by atoms with Crippen LogP contribution in [-0.4, -0.2) is 38.3 Å². The zero-order chi connectivity index (χ0) is 20.2. The molecule has 0 saturated heterocycles. The molecule has 0 radical (unpaired) electrons. The Balaban J connectivity index is 1.35. The lowest BCUT2D eigenvalue weighted by Gasteiger charge is -2.12. The second kappa shape index (κ2) is 8.68. The van der Waals surface area contributed by atoms with Crippen LogP contribution in [0.3, 0.4) is 0 Å². The molecule has 0 bridgehead atoms. The molecule has 4 aromatic rings. The summed E-state index contributed by atoms with van der Waals surface area (Å²) in [5, 5.41) is 22.0. The summed E-state index contributed by atoms with van der Waals surface area (Å²) in [7, 11) is 1.95. The van der Waals surface area contributed by atoms with E-state index in [0.717, 1.165) is 33.2 Å². The van der Waals surface area contributed by atoms with E-state index in [1.54, 1.807) is 0 Å². The second-order valence-electron chi connectivity index (χ2n) is 6.96. The summed E-state index contributed by atoms with van der Waals surface area (Å²) in [5.74, 6) is 2.06. The van der Waals surface area contributed by atoms with Gasteiger partial charge in [0.25, 0.3) is 0 Å². The first-order valence-electron chi connectivity index (χ1n) is 9.49. The number of nitrogens with zero attached hydrogens (tertiary/aromatic N) is 3. The van der Waals surface area contributed by atoms with Crippen LogP contribution in [0.2, 0.25) is 0 Å². The largest absolute Gasteiger partial charge is 0.491 e. The zero-order valence-electron chi connectivity index (χ0n) is 16.4. The van der Waals surface area contributed by atoms with E-state index in [4.69, 9.17) is 4.74 Å². The minimum Gasteiger partial charge on any atom is -0.491 e. The van der Waals surface area contributed by atoms with Crippen LogP contribution in [0.5, 0.6) is 5.75 Å². The molecule has 0 saturated carbocycles. The summed E-state index contributed by atoms with van der Waals surface area (Å²) in [6, 6.07) is 22.2. The maximum atomic E-state index is 10.3. The van der Waals surface area contributed by atoms with Gasteiger partial charge in [-0.25, -0.2) is 0 Å². The minimum absolute atomic E-state index is 0.230. The van der Waals surface area contributed by atoms with Gasteiger partial charge in [-0.05, 0) is 35.4 Å². The Bertz CT molecular complexity index is 1130. The number of ether oxygens (including phenoxy) is 1. The van der Waals surface area contributed by atoms with E-state index in [-0.39, 0.29) is 6.61 Å². The average Bonchev–Trinajstić information content (AvgIpc) is 3.11. The molecule has 5 nitrogen and oxygen atoms in total. The fourth-order valence-corrected chi connectivity index (χ4v) is 3.98. The van der Waals surface area contributed by atoms with Crippen LogP contribution >= 0.6 is 11.8 Å². The second-order valence-corrected chi connectivity index (χ2v) is 7.95. The number of benzene rings is 3. The molecule has 6 heteroatoms. The molecule has 0 fully saturated rings. The number of hydrogen-bond donors (Lipinski definition) is 1. The van der Waals surface area contributed by atoms with E-state index in [9.17, 15) is 5.11 Å². The molecule has 148 valence electrons. The number of aryl methyl sites for hydroxylation is 1. The van der Waals surface area contributed by atoms with Crippen LogP contribution in [0, 0.1) is 6.92 Å². The van der Waals surface area contributed by atoms with Gasteiger partial charge in [0.15, 0.2) is 11.0 Å². The third kappa shape index (κ3) is 4.44. The Hall–Kier alpha value is -2.83. The van der Waals surface area contributed by atoms with Crippen molar-refractivity contribution in [2.75, 3.05) is 12.4 Å². The fourth-order valence-electron chi connectivity index (χ4n) is 3.17. The summed E-state index contributed by atoms with van der Waals surface area (Å²) in [4.78, 5) is 0. The van der Waals surface area contributed by atoms with E-state index in [2.05, 4.69) is 35.3 Å². The number of fused-ring (bicyclic) bond motifs is 1. The Morgan fingerprint density at radius 3 is 2.59 bits per heavy atom. The van der Waals surface area contributed by atoms with Crippen LogP contribution in [-0.2, 0) is 7.05 Å². The normalized spacial score (nSPS) is 12.2. The zero-order valence-corrected chi connectivity index (χ0v) is 17.3. The van der Waals surface area contributed by atoms with Crippen molar-refractivity contribution in [1.29, 1.82) is 0 Å². The van der Waals surface area contributed by atoms with Gasteiger partial charge in [0.05, 0.1) is 6.10 Å². The van der Waals surface area contributed by atoms with Crippen molar-refractivity contribution in [3.05, 3.63) is 72.3 Å². The topological polar surface area (TPSA) is 60.2 Å². The van der Waals surface area contributed by atoms with Crippen molar-refractivity contribution >= 4 is 22.5 Å². The summed E-state index contributed by atoms with van der Waals surface area (Å²) in [6.45, 7) is 2.29. The summed E-state index contributed by atoms with van der Waals surface area (Å²) >= 11 is 1.47. The molecule has 3 aromatic carbocycles. The third-order valence-electron chi connectivity index (χ3n) is 4.79. The van der Waals surface area contributed by atoms with Crippen LogP contribution in [0.15, 0.2) is 71.9 Å². The molecule has 1 unspecified atom stereocenters. The van der Waals surface area contributed by atoms with Crippen molar-refractivity contribution in [2.45, 2.75) is 18.2 Å². The predicted molar refractivity (Wildman–Crippen MR) is 117 cm³/mol. The monoisotopic (exact) mass is 405 g/mol. The molecule has 1 aromatic heterocycles. The molecule has 29 heavy (non-hydrogen) atoms. The van der Waals surface area contributed by atoms with Gasteiger partial charge in [-0.15, -0.1) is 10.2 Å². The van der Waals surface area contributed by atoms with E-state index in [1.165, 1.54) is 17.1 Å². The average molecular weight is 406 g/mol. The molecular formula is C23H23N3O2S. The molecule has 0 spiro atoms. The Kier molecular flexibility index (Phi) is 5.83. The highest BCUT2D eigenvalue weighted by atomic mass is 32.2. The van der Waals surface area contributed by atoms with Crippen LogP contribution in [0.4, 0.5) is 0 Å². The highest BCUT2D eigenvalue weighted by molar-refractivity contribution is 7.99. The lowest BCUT2D eigenvalue weighted by Crippen LogP contribution is -2.20. The highest BCUT2D eigenvalue weighted by Gasteiger charge is 2.15. The Morgan fingerprint density at radius 2 is 1.76 bits per heavy atom. The number of aliphatic hydroxyl groups is 1. The Morgan fingerprint density at radius 1 is 1.00 bits per heavy atom. The SMILES string of the molecule is Cc1ccccc1-c1nnc(SCC(O)COc2ccc3ccccc3c2)n1C. The molecule has 1 N–H and O–H groups in total. The van der Waals surface area contributed by atoms with Crippen LogP contribution < -0.4 is 4.74 Å². The molecule has 0 aliphatic heterocycles. The number of thioether (sulfide) groups is 1. The van der Waals surface area contributed by atoms with Gasteiger partial charge in [-0.1, -0.05) is 66.4 Å². The first-order chi connectivity index (χ1) is 14.1. The van der Waals surface area contributed by atoms with Gasteiger partial charge < -0.3 is 14.4 Å².